The molecule has 0 radical (unpaired) electrons. The van der Waals surface area contributed by atoms with Crippen molar-refractivity contribution >= 4 is 34.9 Å². The Hall–Kier alpha value is -1.64. The van der Waals surface area contributed by atoms with E-state index in [0.717, 1.165) is 10.0 Å². The van der Waals surface area contributed by atoms with E-state index in [1.807, 2.05) is 6.92 Å². The Morgan fingerprint density at radius 1 is 1.27 bits per heavy atom. The number of rotatable bonds is 1. The zero-order valence-corrected chi connectivity index (χ0v) is 16.1. The van der Waals surface area contributed by atoms with E-state index in [0.29, 0.717) is 23.9 Å². The first-order valence-electron chi connectivity index (χ1n) is 8.62. The number of hydrogen-bond donors (Lipinski definition) is 2. The summed E-state index contributed by atoms with van der Waals surface area (Å²) >= 11 is 3.38. The highest BCUT2D eigenvalue weighted by Crippen LogP contribution is 2.51. The molecule has 0 aromatic heterocycles. The van der Waals surface area contributed by atoms with E-state index in [9.17, 15) is 19.7 Å². The highest BCUT2D eigenvalue weighted by Gasteiger charge is 2.56. The van der Waals surface area contributed by atoms with Crippen LogP contribution in [0.1, 0.15) is 31.4 Å². The van der Waals surface area contributed by atoms with Crippen molar-refractivity contribution in [2.24, 2.45) is 17.8 Å². The second-order valence-corrected chi connectivity index (χ2v) is 8.25. The monoisotopic (exact) mass is 419 g/mol. The SMILES string of the molecule is CC1=C2B(O)O[C@H](c3cc(Br)ccc3O)C[C@H]2[C@H]2C(=O)N(C)C(=O)[C@H]2C1. The van der Waals surface area contributed by atoms with Gasteiger partial charge in [-0.3, -0.25) is 14.5 Å². The molecule has 2 heterocycles. The lowest BCUT2D eigenvalue weighted by molar-refractivity contribution is -0.138. The van der Waals surface area contributed by atoms with Crippen LogP contribution in [-0.4, -0.2) is 41.0 Å². The number of imide groups is 1. The summed E-state index contributed by atoms with van der Waals surface area (Å²) < 4.78 is 6.58. The van der Waals surface area contributed by atoms with E-state index in [2.05, 4.69) is 15.9 Å². The molecule has 0 spiro atoms. The third-order valence-electron chi connectivity index (χ3n) is 5.91. The van der Waals surface area contributed by atoms with E-state index in [4.69, 9.17) is 4.65 Å². The van der Waals surface area contributed by atoms with Crippen molar-refractivity contribution in [3.63, 3.8) is 0 Å². The molecule has 26 heavy (non-hydrogen) atoms. The van der Waals surface area contributed by atoms with Gasteiger partial charge in [0, 0.05) is 17.1 Å². The molecule has 8 heteroatoms. The summed E-state index contributed by atoms with van der Waals surface area (Å²) in [4.78, 5) is 26.3. The molecule has 1 aliphatic carbocycles. The van der Waals surface area contributed by atoms with Crippen molar-refractivity contribution in [2.45, 2.75) is 25.9 Å². The van der Waals surface area contributed by atoms with E-state index >= 15 is 0 Å². The maximum absolute atomic E-state index is 12.7. The molecule has 4 rings (SSSR count). The van der Waals surface area contributed by atoms with Gasteiger partial charge in [0.25, 0.3) is 0 Å². The van der Waals surface area contributed by atoms with E-state index < -0.39 is 19.1 Å². The number of hydrogen-bond acceptors (Lipinski definition) is 5. The number of nitrogens with zero attached hydrogens (tertiary/aromatic N) is 1. The van der Waals surface area contributed by atoms with Gasteiger partial charge >= 0.3 is 7.12 Å². The lowest BCUT2D eigenvalue weighted by Gasteiger charge is -2.41. The number of aromatic hydroxyl groups is 1. The third-order valence-corrected chi connectivity index (χ3v) is 6.41. The van der Waals surface area contributed by atoms with E-state index in [1.54, 1.807) is 18.2 Å². The number of phenolic OH excluding ortho intramolecular Hbond substituents is 1. The predicted molar refractivity (Wildman–Crippen MR) is 97.8 cm³/mol. The van der Waals surface area contributed by atoms with E-state index in [1.165, 1.54) is 11.9 Å². The Balaban J connectivity index is 1.75. The fourth-order valence-electron chi connectivity index (χ4n) is 4.70. The third kappa shape index (κ3) is 2.54. The Kier molecular flexibility index (Phi) is 4.25. The average molecular weight is 420 g/mol. The Morgan fingerprint density at radius 2 is 2.00 bits per heavy atom. The minimum atomic E-state index is -1.15. The normalized spacial score (nSPS) is 31.4. The maximum Gasteiger partial charge on any atom is 0.487 e. The second kappa shape index (κ2) is 6.21. The van der Waals surface area contributed by atoms with Crippen molar-refractivity contribution in [1.82, 2.24) is 4.90 Å². The molecule has 2 saturated heterocycles. The summed E-state index contributed by atoms with van der Waals surface area (Å²) in [6, 6.07) is 5.04. The Labute approximate surface area is 160 Å². The van der Waals surface area contributed by atoms with Gasteiger partial charge in [-0.05, 0) is 49.4 Å². The summed E-state index contributed by atoms with van der Waals surface area (Å²) in [6.07, 6.45) is 0.344. The number of phenols is 1. The standard InChI is InChI=1S/C18H19BBrNO5/c1-8-5-12-15(18(24)21(2)17(12)23)11-7-14(26-19(25)16(8)11)10-6-9(20)3-4-13(10)22/h3-4,6,11-12,14-15,22,25H,5,7H2,1-2H3/t11-,12-,14-,15+/m0/s1. The Bertz CT molecular complexity index is 841. The fourth-order valence-corrected chi connectivity index (χ4v) is 5.08. The van der Waals surface area contributed by atoms with Crippen LogP contribution in [0.4, 0.5) is 0 Å². The molecule has 4 atom stereocenters. The van der Waals surface area contributed by atoms with Crippen LogP contribution in [0.5, 0.6) is 5.75 Å². The number of likely N-dealkylation sites (tertiary alicyclic amines) is 1. The first-order chi connectivity index (χ1) is 12.3. The minimum Gasteiger partial charge on any atom is -0.508 e. The number of fused-ring (bicyclic) bond motifs is 3. The molecule has 0 unspecified atom stereocenters. The molecule has 0 saturated carbocycles. The van der Waals surface area contributed by atoms with Gasteiger partial charge < -0.3 is 14.8 Å². The molecule has 3 aliphatic rings. The highest BCUT2D eigenvalue weighted by atomic mass is 79.9. The molecule has 2 fully saturated rings. The molecular weight excluding hydrogens is 401 g/mol. The van der Waals surface area contributed by atoms with Gasteiger partial charge in [-0.25, -0.2) is 0 Å². The van der Waals surface area contributed by atoms with Crippen molar-refractivity contribution in [1.29, 1.82) is 0 Å². The second-order valence-electron chi connectivity index (χ2n) is 7.33. The molecule has 1 aromatic rings. The minimum absolute atomic E-state index is 0.0767. The quantitative estimate of drug-likeness (QED) is 0.538. The van der Waals surface area contributed by atoms with Gasteiger partial charge in [0.2, 0.25) is 11.8 Å². The zero-order chi connectivity index (χ0) is 18.7. The van der Waals surface area contributed by atoms with Gasteiger partial charge in [-0.15, -0.1) is 0 Å². The van der Waals surface area contributed by atoms with Crippen LogP contribution in [0.25, 0.3) is 0 Å². The summed E-state index contributed by atoms with van der Waals surface area (Å²) in [5, 5.41) is 20.8. The molecule has 1 aromatic carbocycles. The van der Waals surface area contributed by atoms with Crippen LogP contribution in [0.2, 0.25) is 0 Å². The molecule has 2 aliphatic heterocycles. The lowest BCUT2D eigenvalue weighted by atomic mass is 9.55. The maximum atomic E-state index is 12.7. The molecule has 6 nitrogen and oxygen atoms in total. The molecule has 136 valence electrons. The van der Waals surface area contributed by atoms with Crippen molar-refractivity contribution < 1.29 is 24.4 Å². The predicted octanol–water partition coefficient (Wildman–Crippen LogP) is 2.20. The van der Waals surface area contributed by atoms with Crippen LogP contribution in [-0.2, 0) is 14.2 Å². The number of carbonyl (C=O) groups excluding carboxylic acids is 2. The zero-order valence-electron chi connectivity index (χ0n) is 14.5. The summed E-state index contributed by atoms with van der Waals surface area (Å²) in [6.45, 7) is 1.89. The molecule has 2 amide bonds. The highest BCUT2D eigenvalue weighted by molar-refractivity contribution is 9.10. The summed E-state index contributed by atoms with van der Waals surface area (Å²) in [7, 11) is 0.373. The van der Waals surface area contributed by atoms with Crippen molar-refractivity contribution in [3.8, 4) is 5.75 Å². The van der Waals surface area contributed by atoms with E-state index in [-0.39, 0.29) is 29.4 Å². The number of halogens is 1. The number of amides is 2. The average Bonchev–Trinajstić information content (AvgIpc) is 2.81. The van der Waals surface area contributed by atoms with Crippen LogP contribution >= 0.6 is 15.9 Å². The summed E-state index contributed by atoms with van der Waals surface area (Å²) in [5.74, 6) is -1.39. The van der Waals surface area contributed by atoms with Crippen molar-refractivity contribution in [2.75, 3.05) is 7.05 Å². The number of benzene rings is 1. The van der Waals surface area contributed by atoms with Gasteiger partial charge in [-0.1, -0.05) is 21.5 Å². The van der Waals surface area contributed by atoms with Gasteiger partial charge in [0.1, 0.15) is 5.75 Å². The lowest BCUT2D eigenvalue weighted by Crippen LogP contribution is -2.44. The smallest absolute Gasteiger partial charge is 0.487 e. The fraction of sp³-hybridized carbons (Fsp3) is 0.444. The molecule has 0 bridgehead atoms. The Morgan fingerprint density at radius 3 is 2.73 bits per heavy atom. The molecular formula is C18H19BBrNO5. The summed E-state index contributed by atoms with van der Waals surface area (Å²) in [5.41, 5.74) is 2.19. The first-order valence-corrected chi connectivity index (χ1v) is 9.41. The topological polar surface area (TPSA) is 87.1 Å². The largest absolute Gasteiger partial charge is 0.508 e. The first kappa shape index (κ1) is 17.8. The van der Waals surface area contributed by atoms with Gasteiger partial charge in [0.15, 0.2) is 0 Å². The number of carbonyl (C=O) groups is 2. The van der Waals surface area contributed by atoms with Gasteiger partial charge in [0.05, 0.1) is 17.9 Å². The van der Waals surface area contributed by atoms with Crippen LogP contribution in [0, 0.1) is 17.8 Å². The van der Waals surface area contributed by atoms with Crippen LogP contribution < -0.4 is 0 Å². The number of allylic oxidation sites excluding steroid dienone is 2. The van der Waals surface area contributed by atoms with Crippen LogP contribution in [0.3, 0.4) is 0 Å². The molecule has 2 N–H and O–H groups in total. The van der Waals surface area contributed by atoms with Crippen molar-refractivity contribution in [3.05, 3.63) is 39.3 Å². The van der Waals surface area contributed by atoms with Crippen LogP contribution in [0.15, 0.2) is 33.7 Å². The van der Waals surface area contributed by atoms with Gasteiger partial charge in [-0.2, -0.15) is 0 Å².